The van der Waals surface area contributed by atoms with Crippen LogP contribution in [0.5, 0.6) is 0 Å². The zero-order chi connectivity index (χ0) is 7.56. The van der Waals surface area contributed by atoms with Gasteiger partial charge in [0.1, 0.15) is 0 Å². The number of esters is 1. The molecule has 0 aliphatic carbocycles. The van der Waals surface area contributed by atoms with Gasteiger partial charge in [0.2, 0.25) is 10.3 Å². The zero-order valence-electron chi connectivity index (χ0n) is 5.16. The second-order valence-electron chi connectivity index (χ2n) is 1.90. The molecule has 0 bridgehead atoms. The van der Waals surface area contributed by atoms with Crippen LogP contribution in [0, 0.1) is 0 Å². The average molecular weight is 162 g/mol. The molecule has 0 spiro atoms. The van der Waals surface area contributed by atoms with Crippen LogP contribution in [0.15, 0.2) is 0 Å². The predicted molar refractivity (Wildman–Crippen MR) is 34.1 cm³/mol. The summed E-state index contributed by atoms with van der Waals surface area (Å²) in [6, 6.07) is 0. The lowest BCUT2D eigenvalue weighted by Crippen LogP contribution is -2.24. The molecule has 0 aromatic rings. The highest BCUT2D eigenvalue weighted by Gasteiger charge is 2.18. The molecule has 1 rings (SSSR count). The third-order valence-corrected chi connectivity index (χ3v) is 1.98. The molecule has 1 aliphatic heterocycles. The molecule has 0 aromatic heterocycles. The van der Waals surface area contributed by atoms with E-state index in [0.717, 1.165) is 0 Å². The lowest BCUT2D eigenvalue weighted by molar-refractivity contribution is -0.136. The number of cyclic esters (lactones) is 1. The predicted octanol–water partition coefficient (Wildman–Crippen LogP) is -0.625. The molecule has 0 unspecified atom stereocenters. The molecule has 1 saturated heterocycles. The SMILES string of the molecule is O=C1OCCCC1=S(=O)=O. The van der Waals surface area contributed by atoms with Gasteiger partial charge >= 0.3 is 5.97 Å². The van der Waals surface area contributed by atoms with Crippen LogP contribution in [0.1, 0.15) is 12.8 Å². The van der Waals surface area contributed by atoms with Gasteiger partial charge in [-0.15, -0.1) is 0 Å². The highest BCUT2D eigenvalue weighted by molar-refractivity contribution is 7.74. The first-order valence-electron chi connectivity index (χ1n) is 2.84. The maximum atomic E-state index is 10.6. The quantitative estimate of drug-likeness (QED) is 0.351. The van der Waals surface area contributed by atoms with E-state index < -0.39 is 16.3 Å². The summed E-state index contributed by atoms with van der Waals surface area (Å²) in [6.45, 7) is 0.333. The van der Waals surface area contributed by atoms with Crippen molar-refractivity contribution in [1.29, 1.82) is 0 Å². The Balaban J connectivity index is 2.97. The molecule has 0 aromatic carbocycles. The van der Waals surface area contributed by atoms with E-state index in [-0.39, 0.29) is 4.86 Å². The van der Waals surface area contributed by atoms with Crippen LogP contribution < -0.4 is 0 Å². The molecule has 0 atom stereocenters. The number of carbonyl (C=O) groups excluding carboxylic acids is 1. The van der Waals surface area contributed by atoms with Crippen LogP contribution in [0.4, 0.5) is 0 Å². The van der Waals surface area contributed by atoms with E-state index in [9.17, 15) is 13.2 Å². The largest absolute Gasteiger partial charge is 0.462 e. The fraction of sp³-hybridized carbons (Fsp3) is 0.600. The van der Waals surface area contributed by atoms with Crippen molar-refractivity contribution in [3.8, 4) is 0 Å². The van der Waals surface area contributed by atoms with Crippen LogP contribution in [-0.4, -0.2) is 25.9 Å². The lowest BCUT2D eigenvalue weighted by atomic mass is 10.2. The van der Waals surface area contributed by atoms with E-state index in [4.69, 9.17) is 0 Å². The molecule has 1 heterocycles. The molecule has 0 saturated carbocycles. The number of hydrogen-bond acceptors (Lipinski definition) is 4. The van der Waals surface area contributed by atoms with Gasteiger partial charge in [0, 0.05) is 0 Å². The van der Waals surface area contributed by atoms with Gasteiger partial charge < -0.3 is 4.74 Å². The molecular weight excluding hydrogens is 156 g/mol. The van der Waals surface area contributed by atoms with Crippen LogP contribution in [0.2, 0.25) is 0 Å². The Kier molecular flexibility index (Phi) is 2.06. The van der Waals surface area contributed by atoms with Crippen molar-refractivity contribution in [2.45, 2.75) is 12.8 Å². The highest BCUT2D eigenvalue weighted by Crippen LogP contribution is 2.02. The number of carbonyl (C=O) groups is 1. The minimum Gasteiger partial charge on any atom is -0.462 e. The Morgan fingerprint density at radius 3 is 2.50 bits per heavy atom. The van der Waals surface area contributed by atoms with Gasteiger partial charge in [-0.3, -0.25) is 0 Å². The summed E-state index contributed by atoms with van der Waals surface area (Å²) >= 11 is 0. The van der Waals surface area contributed by atoms with E-state index in [1.54, 1.807) is 0 Å². The van der Waals surface area contributed by atoms with E-state index in [2.05, 4.69) is 4.74 Å². The molecule has 56 valence electrons. The van der Waals surface area contributed by atoms with Crippen LogP contribution >= 0.6 is 0 Å². The molecule has 0 N–H and O–H groups in total. The van der Waals surface area contributed by atoms with Crippen molar-refractivity contribution < 1.29 is 17.9 Å². The highest BCUT2D eigenvalue weighted by atomic mass is 32.2. The van der Waals surface area contributed by atoms with Gasteiger partial charge in [-0.1, -0.05) is 0 Å². The number of rotatable bonds is 0. The smallest absolute Gasteiger partial charge is 0.349 e. The monoisotopic (exact) mass is 162 g/mol. The van der Waals surface area contributed by atoms with E-state index in [1.165, 1.54) is 0 Å². The fourth-order valence-electron chi connectivity index (χ4n) is 0.732. The van der Waals surface area contributed by atoms with Crippen LogP contribution in [0.3, 0.4) is 0 Å². The second kappa shape index (κ2) is 2.83. The maximum Gasteiger partial charge on any atom is 0.349 e. The second-order valence-corrected chi connectivity index (χ2v) is 2.86. The summed E-state index contributed by atoms with van der Waals surface area (Å²) in [5, 5.41) is 0. The molecule has 0 amide bonds. The van der Waals surface area contributed by atoms with Gasteiger partial charge in [-0.25, -0.2) is 4.79 Å². The van der Waals surface area contributed by atoms with E-state index in [0.29, 0.717) is 19.4 Å². The first kappa shape index (κ1) is 7.27. The van der Waals surface area contributed by atoms with Crippen molar-refractivity contribution in [3.05, 3.63) is 0 Å². The van der Waals surface area contributed by atoms with Crippen LogP contribution in [-0.2, 0) is 19.8 Å². The van der Waals surface area contributed by atoms with Gasteiger partial charge in [-0.2, -0.15) is 8.42 Å². The molecule has 1 fully saturated rings. The minimum atomic E-state index is -2.39. The van der Waals surface area contributed by atoms with Gasteiger partial charge in [0.25, 0.3) is 0 Å². The topological polar surface area (TPSA) is 60.4 Å². The first-order valence-corrected chi connectivity index (χ1v) is 3.91. The normalized spacial score (nSPS) is 18.4. The summed E-state index contributed by atoms with van der Waals surface area (Å²) in [7, 11) is -2.39. The third-order valence-electron chi connectivity index (χ3n) is 1.21. The number of ether oxygens (including phenoxy) is 1. The number of hydrogen-bond donors (Lipinski definition) is 0. The van der Waals surface area contributed by atoms with E-state index >= 15 is 0 Å². The van der Waals surface area contributed by atoms with Crippen molar-refractivity contribution in [2.24, 2.45) is 0 Å². The summed E-state index contributed by atoms with van der Waals surface area (Å²) in [4.78, 5) is 10.5. The van der Waals surface area contributed by atoms with Gasteiger partial charge in [0.15, 0.2) is 4.86 Å². The summed E-state index contributed by atoms with van der Waals surface area (Å²) in [6.07, 6.45) is 0.921. The first-order chi connectivity index (χ1) is 4.72. The molecule has 4 nitrogen and oxygen atoms in total. The molecule has 1 aliphatic rings. The third kappa shape index (κ3) is 1.36. The Morgan fingerprint density at radius 2 is 2.10 bits per heavy atom. The van der Waals surface area contributed by atoms with Crippen molar-refractivity contribution in [2.75, 3.05) is 6.61 Å². The van der Waals surface area contributed by atoms with Crippen molar-refractivity contribution in [3.63, 3.8) is 0 Å². The van der Waals surface area contributed by atoms with Gasteiger partial charge in [0.05, 0.1) is 6.61 Å². The summed E-state index contributed by atoms with van der Waals surface area (Å²) in [5.74, 6) is -0.695. The lowest BCUT2D eigenvalue weighted by Gasteiger charge is -2.09. The van der Waals surface area contributed by atoms with Crippen molar-refractivity contribution >= 4 is 21.1 Å². The Hall–Kier alpha value is -0.840. The Morgan fingerprint density at radius 1 is 1.40 bits per heavy atom. The average Bonchev–Trinajstić information content (AvgIpc) is 1.88. The Labute approximate surface area is 59.3 Å². The standard InChI is InChI=1S/C5H6O4S/c6-5-4(10(7)8)2-1-3-9-5/h1-3H2. The van der Waals surface area contributed by atoms with Crippen molar-refractivity contribution in [1.82, 2.24) is 0 Å². The minimum absolute atomic E-state index is 0.133. The molecule has 10 heavy (non-hydrogen) atoms. The molecule has 0 radical (unpaired) electrons. The fourth-order valence-corrected chi connectivity index (χ4v) is 1.24. The summed E-state index contributed by atoms with van der Waals surface area (Å²) < 4.78 is 24.9. The maximum absolute atomic E-state index is 10.6. The van der Waals surface area contributed by atoms with Crippen LogP contribution in [0.25, 0.3) is 0 Å². The molecular formula is C5H6O4S. The van der Waals surface area contributed by atoms with Gasteiger partial charge in [-0.05, 0) is 12.8 Å². The van der Waals surface area contributed by atoms with E-state index in [1.807, 2.05) is 0 Å². The Bertz CT molecular complexity index is 266. The summed E-state index contributed by atoms with van der Waals surface area (Å²) in [5.41, 5.74) is 0. The molecule has 5 heteroatoms. The zero-order valence-corrected chi connectivity index (χ0v) is 5.98.